The van der Waals surface area contributed by atoms with Gasteiger partial charge in [-0.15, -0.1) is 0 Å². The summed E-state index contributed by atoms with van der Waals surface area (Å²) in [7, 11) is 0. The molecule has 7 nitrogen and oxygen atoms in total. The number of aryl methyl sites for hydroxylation is 1. The van der Waals surface area contributed by atoms with Crippen molar-refractivity contribution in [3.63, 3.8) is 0 Å². The molecule has 0 radical (unpaired) electrons. The fourth-order valence-electron chi connectivity index (χ4n) is 3.44. The van der Waals surface area contributed by atoms with E-state index in [2.05, 4.69) is 14.5 Å². The summed E-state index contributed by atoms with van der Waals surface area (Å²) in [4.78, 5) is 23.2. The molecule has 1 fully saturated rings. The smallest absolute Gasteiger partial charge is 0.267 e. The zero-order valence-electron chi connectivity index (χ0n) is 15.2. The standard InChI is InChI=1S/C20H23N5O2/c21-18(26)16-7-8-17-20(22-16)25(10-4-9-24-11-13-27-14-12-24)19(23-17)15-5-2-1-3-6-15/h1-3,5-8H,4,9-14H2,(H2,21,26). The van der Waals surface area contributed by atoms with Crippen molar-refractivity contribution in [1.29, 1.82) is 0 Å². The molecule has 7 heteroatoms. The second-order valence-corrected chi connectivity index (χ2v) is 6.66. The normalized spacial score (nSPS) is 15.3. The summed E-state index contributed by atoms with van der Waals surface area (Å²) in [6.45, 7) is 5.31. The number of amides is 1. The van der Waals surface area contributed by atoms with Gasteiger partial charge in [-0.25, -0.2) is 9.97 Å². The predicted molar refractivity (Wildman–Crippen MR) is 103 cm³/mol. The number of pyridine rings is 1. The van der Waals surface area contributed by atoms with Crippen LogP contribution >= 0.6 is 0 Å². The zero-order chi connectivity index (χ0) is 18.6. The first kappa shape index (κ1) is 17.6. The number of carbonyl (C=O) groups is 1. The van der Waals surface area contributed by atoms with Crippen molar-refractivity contribution < 1.29 is 9.53 Å². The van der Waals surface area contributed by atoms with E-state index in [9.17, 15) is 4.79 Å². The van der Waals surface area contributed by atoms with Gasteiger partial charge in [-0.1, -0.05) is 30.3 Å². The van der Waals surface area contributed by atoms with Gasteiger partial charge in [-0.2, -0.15) is 0 Å². The Hall–Kier alpha value is -2.77. The second kappa shape index (κ2) is 7.85. The van der Waals surface area contributed by atoms with Gasteiger partial charge in [0.05, 0.1) is 13.2 Å². The number of rotatable bonds is 6. The lowest BCUT2D eigenvalue weighted by atomic mass is 10.2. The molecule has 2 aromatic heterocycles. The predicted octanol–water partition coefficient (Wildman–Crippen LogP) is 1.92. The van der Waals surface area contributed by atoms with Gasteiger partial charge < -0.3 is 15.0 Å². The Balaban J connectivity index is 1.66. The van der Waals surface area contributed by atoms with Crippen LogP contribution in [0.4, 0.5) is 0 Å². The monoisotopic (exact) mass is 365 g/mol. The van der Waals surface area contributed by atoms with Crippen molar-refractivity contribution in [3.8, 4) is 11.4 Å². The van der Waals surface area contributed by atoms with E-state index in [1.165, 1.54) is 0 Å². The van der Waals surface area contributed by atoms with E-state index in [-0.39, 0.29) is 5.69 Å². The van der Waals surface area contributed by atoms with Crippen molar-refractivity contribution in [2.45, 2.75) is 13.0 Å². The minimum Gasteiger partial charge on any atom is -0.379 e. The summed E-state index contributed by atoms with van der Waals surface area (Å²) >= 11 is 0. The number of ether oxygens (including phenoxy) is 1. The highest BCUT2D eigenvalue weighted by atomic mass is 16.5. The summed E-state index contributed by atoms with van der Waals surface area (Å²) < 4.78 is 7.51. The molecule has 1 amide bonds. The summed E-state index contributed by atoms with van der Waals surface area (Å²) in [5.41, 5.74) is 8.18. The molecule has 0 aliphatic carbocycles. The minimum absolute atomic E-state index is 0.261. The van der Waals surface area contributed by atoms with Crippen LogP contribution in [0.1, 0.15) is 16.9 Å². The lowest BCUT2D eigenvalue weighted by Crippen LogP contribution is -2.37. The first-order valence-corrected chi connectivity index (χ1v) is 9.25. The van der Waals surface area contributed by atoms with Crippen LogP contribution in [0.15, 0.2) is 42.5 Å². The Kier molecular flexibility index (Phi) is 5.13. The fraction of sp³-hybridized carbons (Fsp3) is 0.350. The molecule has 0 saturated carbocycles. The number of fused-ring (bicyclic) bond motifs is 1. The van der Waals surface area contributed by atoms with Crippen molar-refractivity contribution >= 4 is 17.1 Å². The molecule has 0 spiro atoms. The third-order valence-corrected chi connectivity index (χ3v) is 4.84. The molecule has 0 unspecified atom stereocenters. The van der Waals surface area contributed by atoms with E-state index in [1.54, 1.807) is 6.07 Å². The number of hydrogen-bond donors (Lipinski definition) is 1. The minimum atomic E-state index is -0.528. The molecular weight excluding hydrogens is 342 g/mol. The number of primary amides is 1. The molecule has 3 aromatic rings. The average molecular weight is 365 g/mol. The number of morpholine rings is 1. The molecule has 4 rings (SSSR count). The number of nitrogens with two attached hydrogens (primary N) is 1. The highest BCUT2D eigenvalue weighted by Gasteiger charge is 2.16. The van der Waals surface area contributed by atoms with Crippen molar-refractivity contribution in [3.05, 3.63) is 48.2 Å². The molecule has 1 aliphatic rings. The molecule has 140 valence electrons. The van der Waals surface area contributed by atoms with Crippen LogP contribution in [0.2, 0.25) is 0 Å². The largest absolute Gasteiger partial charge is 0.379 e. The van der Waals surface area contributed by atoms with Crippen LogP contribution in [-0.4, -0.2) is 58.2 Å². The van der Waals surface area contributed by atoms with E-state index >= 15 is 0 Å². The molecule has 2 N–H and O–H groups in total. The van der Waals surface area contributed by atoms with Gasteiger partial charge in [0, 0.05) is 31.7 Å². The number of benzene rings is 1. The molecule has 0 atom stereocenters. The molecule has 1 saturated heterocycles. The average Bonchev–Trinajstić information content (AvgIpc) is 3.07. The van der Waals surface area contributed by atoms with Gasteiger partial charge in [-0.3, -0.25) is 9.69 Å². The van der Waals surface area contributed by atoms with Crippen LogP contribution < -0.4 is 5.73 Å². The first-order chi connectivity index (χ1) is 13.2. The molecule has 1 aliphatic heterocycles. The second-order valence-electron chi connectivity index (χ2n) is 6.66. The van der Waals surface area contributed by atoms with Gasteiger partial charge in [0.25, 0.3) is 5.91 Å². The Labute approximate surface area is 157 Å². The summed E-state index contributed by atoms with van der Waals surface area (Å²) in [6, 6.07) is 13.5. The van der Waals surface area contributed by atoms with Gasteiger partial charge >= 0.3 is 0 Å². The third kappa shape index (κ3) is 3.84. The van der Waals surface area contributed by atoms with Crippen LogP contribution in [0, 0.1) is 0 Å². The third-order valence-electron chi connectivity index (χ3n) is 4.84. The molecule has 1 aromatic carbocycles. The van der Waals surface area contributed by atoms with E-state index in [1.807, 2.05) is 36.4 Å². The first-order valence-electron chi connectivity index (χ1n) is 9.25. The van der Waals surface area contributed by atoms with Gasteiger partial charge in [0.1, 0.15) is 17.0 Å². The number of hydrogen-bond acceptors (Lipinski definition) is 5. The highest BCUT2D eigenvalue weighted by Crippen LogP contribution is 2.24. The Morgan fingerprint density at radius 3 is 2.56 bits per heavy atom. The van der Waals surface area contributed by atoms with E-state index in [4.69, 9.17) is 15.5 Å². The maximum absolute atomic E-state index is 11.6. The lowest BCUT2D eigenvalue weighted by molar-refractivity contribution is 0.0370. The quantitative estimate of drug-likeness (QED) is 0.721. The maximum atomic E-state index is 11.6. The SMILES string of the molecule is NC(=O)c1ccc2nc(-c3ccccc3)n(CCCN3CCOCC3)c2n1. The maximum Gasteiger partial charge on any atom is 0.267 e. The highest BCUT2D eigenvalue weighted by molar-refractivity contribution is 5.93. The van der Waals surface area contributed by atoms with Crippen LogP contribution in [0.3, 0.4) is 0 Å². The summed E-state index contributed by atoms with van der Waals surface area (Å²) in [5.74, 6) is 0.334. The number of imidazole rings is 1. The Bertz CT molecular complexity index is 932. The Morgan fingerprint density at radius 2 is 1.81 bits per heavy atom. The fourth-order valence-corrected chi connectivity index (χ4v) is 3.44. The van der Waals surface area contributed by atoms with Crippen LogP contribution in [0.5, 0.6) is 0 Å². The van der Waals surface area contributed by atoms with E-state index in [0.29, 0.717) is 5.65 Å². The van der Waals surface area contributed by atoms with Crippen LogP contribution in [-0.2, 0) is 11.3 Å². The number of nitrogens with zero attached hydrogens (tertiary/aromatic N) is 4. The lowest BCUT2D eigenvalue weighted by Gasteiger charge is -2.26. The molecule has 3 heterocycles. The molecular formula is C20H23N5O2. The van der Waals surface area contributed by atoms with E-state index < -0.39 is 5.91 Å². The topological polar surface area (TPSA) is 86.3 Å². The van der Waals surface area contributed by atoms with Gasteiger partial charge in [-0.05, 0) is 18.6 Å². The van der Waals surface area contributed by atoms with E-state index in [0.717, 1.165) is 62.7 Å². The van der Waals surface area contributed by atoms with Gasteiger partial charge in [0.15, 0.2) is 5.65 Å². The summed E-state index contributed by atoms with van der Waals surface area (Å²) in [6.07, 6.45) is 0.966. The van der Waals surface area contributed by atoms with Crippen molar-refractivity contribution in [2.75, 3.05) is 32.8 Å². The molecule has 0 bridgehead atoms. The summed E-state index contributed by atoms with van der Waals surface area (Å²) in [5, 5.41) is 0. The van der Waals surface area contributed by atoms with Crippen molar-refractivity contribution in [2.24, 2.45) is 5.73 Å². The number of carbonyl (C=O) groups excluding carboxylic acids is 1. The van der Waals surface area contributed by atoms with Crippen molar-refractivity contribution in [1.82, 2.24) is 19.4 Å². The number of aromatic nitrogens is 3. The van der Waals surface area contributed by atoms with Gasteiger partial charge in [0.2, 0.25) is 0 Å². The Morgan fingerprint density at radius 1 is 1.04 bits per heavy atom. The molecule has 27 heavy (non-hydrogen) atoms. The zero-order valence-corrected chi connectivity index (χ0v) is 15.2. The van der Waals surface area contributed by atoms with Crippen LogP contribution in [0.25, 0.3) is 22.6 Å².